The Bertz CT molecular complexity index is 526. The lowest BCUT2D eigenvalue weighted by Crippen LogP contribution is -2.07. The molecule has 2 N–H and O–H groups in total. The number of rotatable bonds is 3. The molecular weight excluding hydrogens is 224 g/mol. The molecule has 0 radical (unpaired) electrons. The van der Waals surface area contributed by atoms with Gasteiger partial charge in [0.05, 0.1) is 5.69 Å². The molecule has 2 aromatic heterocycles. The van der Waals surface area contributed by atoms with E-state index in [1.165, 1.54) is 37.7 Å². The van der Waals surface area contributed by atoms with Crippen molar-refractivity contribution in [1.29, 1.82) is 0 Å². The summed E-state index contributed by atoms with van der Waals surface area (Å²) in [6.45, 7) is 0.649. The third-order valence-electron chi connectivity index (χ3n) is 3.89. The average molecular weight is 244 g/mol. The van der Waals surface area contributed by atoms with Crippen LogP contribution in [0.2, 0.25) is 0 Å². The van der Waals surface area contributed by atoms with Gasteiger partial charge in [0.25, 0.3) is 0 Å². The molecule has 2 heterocycles. The Morgan fingerprint density at radius 1 is 1.28 bits per heavy atom. The van der Waals surface area contributed by atoms with E-state index in [0.29, 0.717) is 12.5 Å². The summed E-state index contributed by atoms with van der Waals surface area (Å²) in [5, 5.41) is 0. The molecule has 0 spiro atoms. The fourth-order valence-corrected chi connectivity index (χ4v) is 2.96. The van der Waals surface area contributed by atoms with Crippen molar-refractivity contribution < 1.29 is 0 Å². The summed E-state index contributed by atoms with van der Waals surface area (Å²) >= 11 is 0. The number of aromatic nitrogens is 3. The fourth-order valence-electron chi connectivity index (χ4n) is 2.96. The molecule has 0 aliphatic heterocycles. The van der Waals surface area contributed by atoms with Crippen molar-refractivity contribution in [2.45, 2.75) is 44.4 Å². The summed E-state index contributed by atoms with van der Waals surface area (Å²) < 4.78 is 2.05. The second-order valence-electron chi connectivity index (χ2n) is 5.19. The van der Waals surface area contributed by atoms with Gasteiger partial charge in [0.2, 0.25) is 0 Å². The number of imidazole rings is 1. The van der Waals surface area contributed by atoms with Gasteiger partial charge >= 0.3 is 0 Å². The minimum Gasteiger partial charge on any atom is -0.330 e. The average Bonchev–Trinajstić information content (AvgIpc) is 2.82. The Labute approximate surface area is 107 Å². The van der Waals surface area contributed by atoms with Crippen molar-refractivity contribution in [2.24, 2.45) is 5.73 Å². The van der Waals surface area contributed by atoms with E-state index >= 15 is 0 Å². The fraction of sp³-hybridized carbons (Fsp3) is 0.571. The van der Waals surface area contributed by atoms with E-state index in [2.05, 4.69) is 15.6 Å². The maximum Gasteiger partial charge on any atom is 0.143 e. The standard InChI is InChI=1S/C14H20N4/c15-7-6-12-9-18-10-16-8-13(14(18)17-12)11-4-2-1-3-5-11/h8-11H,1-7,15H2. The number of nitrogens with zero attached hydrogens (tertiary/aromatic N) is 3. The Morgan fingerprint density at radius 2 is 2.11 bits per heavy atom. The lowest BCUT2D eigenvalue weighted by molar-refractivity contribution is 0.443. The van der Waals surface area contributed by atoms with Crippen molar-refractivity contribution in [3.8, 4) is 0 Å². The number of fused-ring (bicyclic) bond motifs is 1. The normalized spacial score (nSPS) is 17.4. The molecule has 2 aromatic rings. The molecule has 0 unspecified atom stereocenters. The molecule has 4 nitrogen and oxygen atoms in total. The van der Waals surface area contributed by atoms with Gasteiger partial charge in [-0.3, -0.25) is 4.40 Å². The molecule has 0 atom stereocenters. The van der Waals surface area contributed by atoms with E-state index in [0.717, 1.165) is 17.8 Å². The van der Waals surface area contributed by atoms with Crippen LogP contribution in [-0.2, 0) is 6.42 Å². The molecule has 96 valence electrons. The Balaban J connectivity index is 1.99. The van der Waals surface area contributed by atoms with Crippen LogP contribution in [0.3, 0.4) is 0 Å². The third-order valence-corrected chi connectivity index (χ3v) is 3.89. The summed E-state index contributed by atoms with van der Waals surface area (Å²) in [7, 11) is 0. The van der Waals surface area contributed by atoms with Crippen LogP contribution in [0, 0.1) is 0 Å². The van der Waals surface area contributed by atoms with Crippen LogP contribution < -0.4 is 5.73 Å². The van der Waals surface area contributed by atoms with Crippen LogP contribution in [0.1, 0.15) is 49.3 Å². The predicted molar refractivity (Wildman–Crippen MR) is 71.6 cm³/mol. The monoisotopic (exact) mass is 244 g/mol. The SMILES string of the molecule is NCCc1cn2cncc(C3CCCCC3)c2n1. The van der Waals surface area contributed by atoms with Gasteiger partial charge in [-0.15, -0.1) is 0 Å². The molecule has 1 saturated carbocycles. The topological polar surface area (TPSA) is 56.2 Å². The van der Waals surface area contributed by atoms with Crippen molar-refractivity contribution in [2.75, 3.05) is 6.54 Å². The van der Waals surface area contributed by atoms with E-state index in [1.807, 2.05) is 12.5 Å². The zero-order chi connectivity index (χ0) is 12.4. The van der Waals surface area contributed by atoms with Gasteiger partial charge in [0.1, 0.15) is 12.0 Å². The highest BCUT2D eigenvalue weighted by Crippen LogP contribution is 2.33. The van der Waals surface area contributed by atoms with Gasteiger partial charge in [-0.2, -0.15) is 0 Å². The molecular formula is C14H20N4. The van der Waals surface area contributed by atoms with E-state index < -0.39 is 0 Å². The van der Waals surface area contributed by atoms with Crippen LogP contribution in [0.4, 0.5) is 0 Å². The highest BCUT2D eigenvalue weighted by Gasteiger charge is 2.19. The minimum absolute atomic E-state index is 0.642. The first-order valence-electron chi connectivity index (χ1n) is 6.90. The van der Waals surface area contributed by atoms with Crippen molar-refractivity contribution in [3.63, 3.8) is 0 Å². The molecule has 1 fully saturated rings. The Hall–Kier alpha value is -1.42. The first-order valence-corrected chi connectivity index (χ1v) is 6.90. The highest BCUT2D eigenvalue weighted by atomic mass is 15.0. The quantitative estimate of drug-likeness (QED) is 0.901. The number of hydrogen-bond donors (Lipinski definition) is 1. The van der Waals surface area contributed by atoms with E-state index in [1.54, 1.807) is 0 Å². The van der Waals surface area contributed by atoms with Crippen molar-refractivity contribution >= 4 is 5.65 Å². The van der Waals surface area contributed by atoms with Gasteiger partial charge < -0.3 is 5.73 Å². The van der Waals surface area contributed by atoms with E-state index in [4.69, 9.17) is 10.7 Å². The maximum absolute atomic E-state index is 5.60. The molecule has 1 aliphatic rings. The summed E-state index contributed by atoms with van der Waals surface area (Å²) in [6.07, 6.45) is 13.3. The maximum atomic E-state index is 5.60. The Morgan fingerprint density at radius 3 is 2.89 bits per heavy atom. The largest absolute Gasteiger partial charge is 0.330 e. The first-order chi connectivity index (χ1) is 8.88. The van der Waals surface area contributed by atoms with Gasteiger partial charge in [-0.05, 0) is 25.3 Å². The lowest BCUT2D eigenvalue weighted by Gasteiger charge is -2.21. The van der Waals surface area contributed by atoms with Crippen LogP contribution in [0.5, 0.6) is 0 Å². The first kappa shape index (κ1) is 11.7. The lowest BCUT2D eigenvalue weighted by atomic mass is 9.85. The third kappa shape index (κ3) is 2.12. The van der Waals surface area contributed by atoms with Gasteiger partial charge in [0.15, 0.2) is 0 Å². The van der Waals surface area contributed by atoms with Crippen LogP contribution in [0.25, 0.3) is 5.65 Å². The summed E-state index contributed by atoms with van der Waals surface area (Å²) in [5.41, 5.74) is 9.07. The summed E-state index contributed by atoms with van der Waals surface area (Å²) in [4.78, 5) is 9.07. The smallest absolute Gasteiger partial charge is 0.143 e. The minimum atomic E-state index is 0.642. The Kier molecular flexibility index (Phi) is 3.28. The van der Waals surface area contributed by atoms with Gasteiger partial charge in [-0.25, -0.2) is 9.97 Å². The second-order valence-corrected chi connectivity index (χ2v) is 5.19. The van der Waals surface area contributed by atoms with E-state index in [9.17, 15) is 0 Å². The number of nitrogens with two attached hydrogens (primary N) is 1. The highest BCUT2D eigenvalue weighted by molar-refractivity contribution is 5.49. The molecule has 0 aromatic carbocycles. The van der Waals surface area contributed by atoms with Gasteiger partial charge in [0, 0.05) is 24.4 Å². The van der Waals surface area contributed by atoms with Crippen LogP contribution >= 0.6 is 0 Å². The zero-order valence-corrected chi connectivity index (χ0v) is 10.7. The number of hydrogen-bond acceptors (Lipinski definition) is 3. The molecule has 4 heteroatoms. The zero-order valence-electron chi connectivity index (χ0n) is 10.7. The van der Waals surface area contributed by atoms with Crippen molar-refractivity contribution in [3.05, 3.63) is 30.0 Å². The predicted octanol–water partition coefficient (Wildman–Crippen LogP) is 2.28. The molecule has 0 saturated heterocycles. The second kappa shape index (κ2) is 5.06. The molecule has 1 aliphatic carbocycles. The molecule has 3 rings (SSSR count). The van der Waals surface area contributed by atoms with Gasteiger partial charge in [-0.1, -0.05) is 19.3 Å². The molecule has 0 amide bonds. The van der Waals surface area contributed by atoms with Crippen LogP contribution in [-0.4, -0.2) is 20.9 Å². The summed E-state index contributed by atoms with van der Waals surface area (Å²) in [5.74, 6) is 0.642. The van der Waals surface area contributed by atoms with Crippen molar-refractivity contribution in [1.82, 2.24) is 14.4 Å². The van der Waals surface area contributed by atoms with E-state index in [-0.39, 0.29) is 0 Å². The van der Waals surface area contributed by atoms with Crippen LogP contribution in [0.15, 0.2) is 18.7 Å². The molecule has 18 heavy (non-hydrogen) atoms. The molecule has 0 bridgehead atoms. The summed E-state index contributed by atoms with van der Waals surface area (Å²) in [6, 6.07) is 0.